The van der Waals surface area contributed by atoms with E-state index in [0.717, 1.165) is 25.7 Å². The molecule has 33 heavy (non-hydrogen) atoms. The molecule has 1 aromatic rings. The largest absolute Gasteiger partial charge is 0.454 e. The standard InChI is InChI=1S/C23H35N3O6S/c1-5-26(6-2)33(30,31)20-13-9-18(10-14-20)23(29)24-15-22(28)32-16-21(27)25(4)19-11-7-17(3)8-12-19/h9-10,13-14,17,19H,5-8,11-12,15-16H2,1-4H3,(H,24,29). The predicted octanol–water partition coefficient (Wildman–Crippen LogP) is 2.03. The van der Waals surface area contributed by atoms with Crippen LogP contribution < -0.4 is 5.32 Å². The first-order valence-corrected chi connectivity index (χ1v) is 12.8. The van der Waals surface area contributed by atoms with Crippen LogP contribution >= 0.6 is 0 Å². The molecule has 184 valence electrons. The highest BCUT2D eigenvalue weighted by molar-refractivity contribution is 7.89. The number of ether oxygens (including phenoxy) is 1. The lowest BCUT2D eigenvalue weighted by Gasteiger charge is -2.33. The molecular formula is C23H35N3O6S. The van der Waals surface area contributed by atoms with Gasteiger partial charge in [-0.15, -0.1) is 0 Å². The van der Waals surface area contributed by atoms with Crippen LogP contribution in [-0.4, -0.2) is 74.7 Å². The third-order valence-corrected chi connectivity index (χ3v) is 8.20. The Balaban J connectivity index is 1.80. The van der Waals surface area contributed by atoms with Crippen molar-refractivity contribution in [1.29, 1.82) is 0 Å². The molecular weight excluding hydrogens is 446 g/mol. The Bertz CT molecular complexity index is 920. The molecule has 1 N–H and O–H groups in total. The van der Waals surface area contributed by atoms with Gasteiger partial charge in [0.15, 0.2) is 6.61 Å². The molecule has 0 aliphatic heterocycles. The molecule has 1 aliphatic rings. The van der Waals surface area contributed by atoms with Crippen LogP contribution in [0.25, 0.3) is 0 Å². The summed E-state index contributed by atoms with van der Waals surface area (Å²) in [6.45, 7) is 5.65. The normalized spacial score (nSPS) is 18.6. The van der Waals surface area contributed by atoms with Gasteiger partial charge in [-0.2, -0.15) is 4.31 Å². The van der Waals surface area contributed by atoms with Gasteiger partial charge in [0.25, 0.3) is 11.8 Å². The molecule has 10 heteroatoms. The van der Waals surface area contributed by atoms with Gasteiger partial charge in [0.2, 0.25) is 10.0 Å². The van der Waals surface area contributed by atoms with Crippen LogP contribution in [-0.2, 0) is 24.3 Å². The third-order valence-electron chi connectivity index (χ3n) is 6.14. The Labute approximate surface area is 196 Å². The maximum atomic E-state index is 12.5. The minimum atomic E-state index is -3.61. The zero-order chi connectivity index (χ0) is 24.6. The number of esters is 1. The SMILES string of the molecule is CCN(CC)S(=O)(=O)c1ccc(C(=O)NCC(=O)OCC(=O)N(C)C2CCC(C)CC2)cc1. The fourth-order valence-corrected chi connectivity index (χ4v) is 5.33. The van der Waals surface area contributed by atoms with Gasteiger partial charge >= 0.3 is 5.97 Å². The van der Waals surface area contributed by atoms with Gasteiger partial charge < -0.3 is 15.0 Å². The first-order chi connectivity index (χ1) is 15.6. The highest BCUT2D eigenvalue weighted by atomic mass is 32.2. The van der Waals surface area contributed by atoms with Crippen LogP contribution in [0.4, 0.5) is 0 Å². The number of rotatable bonds is 10. The highest BCUT2D eigenvalue weighted by Gasteiger charge is 2.25. The van der Waals surface area contributed by atoms with Crippen molar-refractivity contribution in [1.82, 2.24) is 14.5 Å². The second kappa shape index (κ2) is 12.1. The zero-order valence-electron chi connectivity index (χ0n) is 19.9. The number of hydrogen-bond donors (Lipinski definition) is 1. The smallest absolute Gasteiger partial charge is 0.325 e. The van der Waals surface area contributed by atoms with Crippen molar-refractivity contribution in [3.8, 4) is 0 Å². The molecule has 1 aromatic carbocycles. The topological polar surface area (TPSA) is 113 Å². The fourth-order valence-electron chi connectivity index (χ4n) is 3.87. The summed E-state index contributed by atoms with van der Waals surface area (Å²) in [7, 11) is -1.89. The summed E-state index contributed by atoms with van der Waals surface area (Å²) in [5.41, 5.74) is 0.212. The van der Waals surface area contributed by atoms with E-state index in [9.17, 15) is 22.8 Å². The van der Waals surface area contributed by atoms with Crippen LogP contribution in [0.5, 0.6) is 0 Å². The Morgan fingerprint density at radius 3 is 2.15 bits per heavy atom. The lowest BCUT2D eigenvalue weighted by atomic mass is 9.87. The van der Waals surface area contributed by atoms with E-state index in [0.29, 0.717) is 19.0 Å². The van der Waals surface area contributed by atoms with Gasteiger partial charge in [-0.25, -0.2) is 8.42 Å². The molecule has 0 unspecified atom stereocenters. The first kappa shape index (κ1) is 26.8. The van der Waals surface area contributed by atoms with E-state index in [4.69, 9.17) is 4.74 Å². The monoisotopic (exact) mass is 481 g/mol. The Kier molecular flexibility index (Phi) is 9.85. The van der Waals surface area contributed by atoms with Crippen molar-refractivity contribution in [2.75, 3.05) is 33.3 Å². The molecule has 0 radical (unpaired) electrons. The Morgan fingerprint density at radius 1 is 1.03 bits per heavy atom. The lowest BCUT2D eigenvalue weighted by molar-refractivity contribution is -0.151. The summed E-state index contributed by atoms with van der Waals surface area (Å²) >= 11 is 0. The number of likely N-dealkylation sites (N-methyl/N-ethyl adjacent to an activating group) is 1. The minimum Gasteiger partial charge on any atom is -0.454 e. The molecule has 2 rings (SSSR count). The van der Waals surface area contributed by atoms with E-state index in [1.54, 1.807) is 25.8 Å². The van der Waals surface area contributed by atoms with E-state index in [1.807, 2.05) is 0 Å². The quantitative estimate of drug-likeness (QED) is 0.512. The number of nitrogens with one attached hydrogen (secondary N) is 1. The molecule has 0 saturated heterocycles. The molecule has 0 atom stereocenters. The summed E-state index contributed by atoms with van der Waals surface area (Å²) in [5.74, 6) is -0.852. The second-order valence-corrected chi connectivity index (χ2v) is 10.3. The predicted molar refractivity (Wildman–Crippen MR) is 124 cm³/mol. The van der Waals surface area contributed by atoms with Crippen molar-refractivity contribution in [2.45, 2.75) is 57.4 Å². The van der Waals surface area contributed by atoms with Crippen LogP contribution in [0.15, 0.2) is 29.2 Å². The molecule has 1 fully saturated rings. The Morgan fingerprint density at radius 2 is 1.61 bits per heavy atom. The summed E-state index contributed by atoms with van der Waals surface area (Å²) < 4.78 is 31.4. The highest BCUT2D eigenvalue weighted by Crippen LogP contribution is 2.26. The van der Waals surface area contributed by atoms with Crippen LogP contribution in [0.1, 0.15) is 56.8 Å². The summed E-state index contributed by atoms with van der Waals surface area (Å²) in [4.78, 5) is 38.3. The van der Waals surface area contributed by atoms with Crippen molar-refractivity contribution in [3.05, 3.63) is 29.8 Å². The van der Waals surface area contributed by atoms with E-state index in [2.05, 4.69) is 12.2 Å². The molecule has 1 saturated carbocycles. The maximum Gasteiger partial charge on any atom is 0.325 e. The second-order valence-electron chi connectivity index (χ2n) is 8.38. The van der Waals surface area contributed by atoms with Crippen LogP contribution in [0.3, 0.4) is 0 Å². The van der Waals surface area contributed by atoms with Gasteiger partial charge in [-0.05, 0) is 55.9 Å². The number of amides is 2. The molecule has 0 bridgehead atoms. The van der Waals surface area contributed by atoms with Gasteiger partial charge in [-0.3, -0.25) is 14.4 Å². The number of carbonyl (C=O) groups is 3. The van der Waals surface area contributed by atoms with Crippen molar-refractivity contribution < 1.29 is 27.5 Å². The molecule has 9 nitrogen and oxygen atoms in total. The fraction of sp³-hybridized carbons (Fsp3) is 0.609. The number of benzene rings is 1. The average Bonchev–Trinajstić information content (AvgIpc) is 2.81. The molecule has 2 amide bonds. The Hall–Kier alpha value is -2.46. The minimum absolute atomic E-state index is 0.0946. The van der Waals surface area contributed by atoms with Gasteiger partial charge in [0.1, 0.15) is 6.54 Å². The van der Waals surface area contributed by atoms with Gasteiger partial charge in [0, 0.05) is 31.7 Å². The van der Waals surface area contributed by atoms with Crippen molar-refractivity contribution in [2.24, 2.45) is 5.92 Å². The summed E-state index contributed by atoms with van der Waals surface area (Å²) in [6, 6.07) is 5.67. The van der Waals surface area contributed by atoms with Crippen LogP contribution in [0.2, 0.25) is 0 Å². The number of nitrogens with zero attached hydrogens (tertiary/aromatic N) is 2. The number of sulfonamides is 1. The number of carbonyl (C=O) groups excluding carboxylic acids is 3. The zero-order valence-corrected chi connectivity index (χ0v) is 20.7. The summed E-state index contributed by atoms with van der Waals surface area (Å²) in [6.07, 6.45) is 4.05. The van der Waals surface area contributed by atoms with E-state index < -0.39 is 28.4 Å². The van der Waals surface area contributed by atoms with Crippen LogP contribution in [0, 0.1) is 5.92 Å². The lowest BCUT2D eigenvalue weighted by Crippen LogP contribution is -2.42. The van der Waals surface area contributed by atoms with Crippen molar-refractivity contribution in [3.63, 3.8) is 0 Å². The third kappa shape index (κ3) is 7.26. The van der Waals surface area contributed by atoms with E-state index >= 15 is 0 Å². The molecule has 0 aromatic heterocycles. The van der Waals surface area contributed by atoms with E-state index in [-0.39, 0.29) is 29.0 Å². The van der Waals surface area contributed by atoms with Crippen molar-refractivity contribution >= 4 is 27.8 Å². The maximum absolute atomic E-state index is 12.5. The molecule has 0 heterocycles. The van der Waals surface area contributed by atoms with Gasteiger partial charge in [-0.1, -0.05) is 20.8 Å². The van der Waals surface area contributed by atoms with E-state index in [1.165, 1.54) is 28.6 Å². The average molecular weight is 482 g/mol. The molecule has 1 aliphatic carbocycles. The number of hydrogen-bond acceptors (Lipinski definition) is 6. The first-order valence-electron chi connectivity index (χ1n) is 11.4. The molecule has 0 spiro atoms. The summed E-state index contributed by atoms with van der Waals surface area (Å²) in [5, 5.41) is 2.42. The van der Waals surface area contributed by atoms with Gasteiger partial charge in [0.05, 0.1) is 4.90 Å².